The molecule has 174 valence electrons. The van der Waals surface area contributed by atoms with Crippen molar-refractivity contribution >= 4 is 29.3 Å². The molecule has 14 heteroatoms. The van der Waals surface area contributed by atoms with Crippen LogP contribution in [0.15, 0.2) is 29.6 Å². The van der Waals surface area contributed by atoms with Crippen molar-refractivity contribution in [2.24, 2.45) is 5.29 Å². The third-order valence-corrected chi connectivity index (χ3v) is 4.91. The van der Waals surface area contributed by atoms with Gasteiger partial charge in [-0.05, 0) is 26.0 Å². The van der Waals surface area contributed by atoms with Gasteiger partial charge in [0.05, 0.1) is 22.3 Å². The number of urea groups is 1. The standard InChI is InChI=1S/C18H21ClN4O9/c1-18(2)31-13-12(9-29-16(24)10-3-5-11(6-4-10)23(27)28)30-15(14(13)32-18)20-17(25)22(21-26)8-7-19/h3-6,12-15H,7-9H2,1-2H3,(H,20,25)/t12-,13-,14-,15+/m1/s1. The zero-order valence-corrected chi connectivity index (χ0v) is 17.9. The first-order valence-electron chi connectivity index (χ1n) is 9.55. The monoisotopic (exact) mass is 472 g/mol. The summed E-state index contributed by atoms with van der Waals surface area (Å²) in [6, 6.07) is 4.10. The van der Waals surface area contributed by atoms with Crippen LogP contribution in [-0.4, -0.2) is 71.3 Å². The molecule has 2 aliphatic rings. The molecule has 0 aliphatic carbocycles. The van der Waals surface area contributed by atoms with Gasteiger partial charge in [0.15, 0.2) is 12.0 Å². The molecule has 1 aromatic carbocycles. The molecule has 2 fully saturated rings. The van der Waals surface area contributed by atoms with Crippen LogP contribution >= 0.6 is 11.6 Å². The fraction of sp³-hybridized carbons (Fsp3) is 0.556. The lowest BCUT2D eigenvalue weighted by atomic mass is 10.1. The van der Waals surface area contributed by atoms with Gasteiger partial charge in [-0.15, -0.1) is 16.5 Å². The number of nitroso groups, excluding NO2 is 1. The van der Waals surface area contributed by atoms with Gasteiger partial charge in [0.2, 0.25) is 0 Å². The highest BCUT2D eigenvalue weighted by Crippen LogP contribution is 2.38. The number of nitro benzene ring substituents is 1. The first-order chi connectivity index (χ1) is 15.1. The second-order valence-electron chi connectivity index (χ2n) is 7.41. The molecular formula is C18H21ClN4O9. The number of ether oxygens (including phenoxy) is 4. The number of fused-ring (bicyclic) bond motifs is 1. The minimum atomic E-state index is -1.00. The van der Waals surface area contributed by atoms with Crippen molar-refractivity contribution in [3.63, 3.8) is 0 Å². The minimum absolute atomic E-state index is 0.00456. The fourth-order valence-corrected chi connectivity index (χ4v) is 3.51. The average molecular weight is 473 g/mol. The van der Waals surface area contributed by atoms with E-state index in [1.165, 1.54) is 24.3 Å². The molecule has 2 saturated heterocycles. The zero-order valence-electron chi connectivity index (χ0n) is 17.1. The lowest BCUT2D eigenvalue weighted by molar-refractivity contribution is -0.384. The van der Waals surface area contributed by atoms with Crippen molar-refractivity contribution in [3.05, 3.63) is 44.9 Å². The number of carbonyl (C=O) groups excluding carboxylic acids is 2. The number of nitrogens with zero attached hydrogens (tertiary/aromatic N) is 3. The predicted octanol–water partition coefficient (Wildman–Crippen LogP) is 1.93. The molecule has 4 atom stereocenters. The summed E-state index contributed by atoms with van der Waals surface area (Å²) >= 11 is 5.55. The molecule has 1 N–H and O–H groups in total. The number of halogens is 1. The summed E-state index contributed by atoms with van der Waals surface area (Å²) < 4.78 is 22.6. The van der Waals surface area contributed by atoms with Gasteiger partial charge >= 0.3 is 12.0 Å². The molecule has 2 aliphatic heterocycles. The Morgan fingerprint density at radius 3 is 2.53 bits per heavy atom. The number of non-ortho nitro benzene ring substituents is 1. The Balaban J connectivity index is 1.64. The molecular weight excluding hydrogens is 452 g/mol. The third kappa shape index (κ3) is 5.30. The minimum Gasteiger partial charge on any atom is -0.459 e. The van der Waals surface area contributed by atoms with E-state index in [0.717, 1.165) is 0 Å². The van der Waals surface area contributed by atoms with E-state index in [1.54, 1.807) is 13.8 Å². The summed E-state index contributed by atoms with van der Waals surface area (Å²) in [4.78, 5) is 45.6. The van der Waals surface area contributed by atoms with Crippen molar-refractivity contribution < 1.29 is 33.5 Å². The smallest absolute Gasteiger partial charge is 0.342 e. The average Bonchev–Trinajstić information content (AvgIpc) is 3.23. The Labute approximate surface area is 187 Å². The van der Waals surface area contributed by atoms with E-state index in [-0.39, 0.29) is 30.3 Å². The maximum absolute atomic E-state index is 12.3. The lowest BCUT2D eigenvalue weighted by Gasteiger charge is -2.25. The molecule has 1 aromatic rings. The van der Waals surface area contributed by atoms with Crippen molar-refractivity contribution in [1.29, 1.82) is 0 Å². The Morgan fingerprint density at radius 1 is 1.28 bits per heavy atom. The van der Waals surface area contributed by atoms with Crippen LogP contribution in [0.5, 0.6) is 0 Å². The Kier molecular flexibility index (Phi) is 7.23. The van der Waals surface area contributed by atoms with Crippen LogP contribution < -0.4 is 5.32 Å². The summed E-state index contributed by atoms with van der Waals surface area (Å²) in [6.07, 6.45) is -3.20. The third-order valence-electron chi connectivity index (χ3n) is 4.74. The number of carbonyl (C=O) groups is 2. The first-order valence-corrected chi connectivity index (χ1v) is 10.1. The predicted molar refractivity (Wildman–Crippen MR) is 108 cm³/mol. The number of alkyl halides is 1. The summed E-state index contributed by atoms with van der Waals surface area (Å²) in [5.41, 5.74) is -0.0402. The SMILES string of the molecule is CC1(C)O[C@@H]2[C@H](O1)[C@@H](COC(=O)c1ccc([N+](=O)[O-])cc1)O[C@@H]2NC(=O)N(CCCl)N=O. The summed E-state index contributed by atoms with van der Waals surface area (Å²) in [7, 11) is 0. The number of esters is 1. The number of hydrogen-bond acceptors (Lipinski definition) is 10. The maximum atomic E-state index is 12.3. The van der Waals surface area contributed by atoms with E-state index in [9.17, 15) is 24.6 Å². The normalized spacial score (nSPS) is 25.6. The zero-order chi connectivity index (χ0) is 23.5. The summed E-state index contributed by atoms with van der Waals surface area (Å²) in [5.74, 6) is -1.70. The van der Waals surface area contributed by atoms with Gasteiger partial charge in [-0.25, -0.2) is 9.59 Å². The number of benzene rings is 1. The van der Waals surface area contributed by atoms with Gasteiger partial charge < -0.3 is 24.3 Å². The number of hydrogen-bond donors (Lipinski definition) is 1. The van der Waals surface area contributed by atoms with Gasteiger partial charge in [0.25, 0.3) is 5.69 Å². The van der Waals surface area contributed by atoms with Crippen molar-refractivity contribution in [3.8, 4) is 0 Å². The van der Waals surface area contributed by atoms with Crippen molar-refractivity contribution in [2.75, 3.05) is 19.0 Å². The molecule has 3 rings (SSSR count). The quantitative estimate of drug-likeness (QED) is 0.196. The highest BCUT2D eigenvalue weighted by Gasteiger charge is 2.56. The molecule has 0 aromatic heterocycles. The molecule has 0 bridgehead atoms. The summed E-state index contributed by atoms with van der Waals surface area (Å²) in [5, 5.41) is 16.4. The van der Waals surface area contributed by atoms with E-state index in [0.29, 0.717) is 5.01 Å². The van der Waals surface area contributed by atoms with E-state index in [1.807, 2.05) is 0 Å². The molecule has 2 amide bonds. The fourth-order valence-electron chi connectivity index (χ4n) is 3.35. The largest absolute Gasteiger partial charge is 0.459 e. The Hall–Kier alpha value is -2.87. The maximum Gasteiger partial charge on any atom is 0.342 e. The summed E-state index contributed by atoms with van der Waals surface area (Å²) in [6.45, 7) is 3.02. The second kappa shape index (κ2) is 9.73. The molecule has 0 saturated carbocycles. The number of nitrogens with one attached hydrogen (secondary N) is 1. The topological polar surface area (TPSA) is 159 Å². The van der Waals surface area contributed by atoms with E-state index in [2.05, 4.69) is 10.6 Å². The van der Waals surface area contributed by atoms with Crippen molar-refractivity contribution in [2.45, 2.75) is 44.2 Å². The molecule has 0 spiro atoms. The van der Waals surface area contributed by atoms with E-state index in [4.69, 9.17) is 30.5 Å². The van der Waals surface area contributed by atoms with E-state index < -0.39 is 47.3 Å². The van der Waals surface area contributed by atoms with Crippen LogP contribution in [0.1, 0.15) is 24.2 Å². The lowest BCUT2D eigenvalue weighted by Crippen LogP contribution is -2.48. The van der Waals surface area contributed by atoms with Crippen LogP contribution in [0.3, 0.4) is 0 Å². The van der Waals surface area contributed by atoms with Crippen LogP contribution in [0.25, 0.3) is 0 Å². The molecule has 32 heavy (non-hydrogen) atoms. The van der Waals surface area contributed by atoms with Gasteiger partial charge in [0, 0.05) is 18.0 Å². The number of rotatable bonds is 8. The van der Waals surface area contributed by atoms with Crippen LogP contribution in [0, 0.1) is 15.0 Å². The van der Waals surface area contributed by atoms with Crippen LogP contribution in [-0.2, 0) is 18.9 Å². The highest BCUT2D eigenvalue weighted by molar-refractivity contribution is 6.18. The van der Waals surface area contributed by atoms with Gasteiger partial charge in [-0.1, -0.05) is 0 Å². The highest BCUT2D eigenvalue weighted by atomic mass is 35.5. The van der Waals surface area contributed by atoms with E-state index >= 15 is 0 Å². The van der Waals surface area contributed by atoms with Crippen LogP contribution in [0.4, 0.5) is 10.5 Å². The number of amides is 2. The first kappa shape index (κ1) is 23.8. The van der Waals surface area contributed by atoms with Crippen molar-refractivity contribution in [1.82, 2.24) is 10.3 Å². The molecule has 13 nitrogen and oxygen atoms in total. The van der Waals surface area contributed by atoms with Crippen LogP contribution in [0.2, 0.25) is 0 Å². The van der Waals surface area contributed by atoms with Gasteiger partial charge in [-0.2, -0.15) is 5.01 Å². The van der Waals surface area contributed by atoms with Gasteiger partial charge in [0.1, 0.15) is 24.9 Å². The Morgan fingerprint density at radius 2 is 1.94 bits per heavy atom. The molecule has 2 heterocycles. The number of nitro groups is 1. The molecule has 0 unspecified atom stereocenters. The van der Waals surface area contributed by atoms with Gasteiger partial charge in [-0.3, -0.25) is 10.1 Å². The molecule has 0 radical (unpaired) electrons. The second-order valence-corrected chi connectivity index (χ2v) is 7.78. The Bertz CT molecular complexity index is 882.